The van der Waals surface area contributed by atoms with Crippen molar-refractivity contribution in [2.75, 3.05) is 31.1 Å². The fraction of sp³-hybridized carbons (Fsp3) is 0.611. The number of carbonyl (C=O) groups is 1. The quantitative estimate of drug-likeness (QED) is 0.799. The third-order valence-electron chi connectivity index (χ3n) is 5.33. The van der Waals surface area contributed by atoms with Gasteiger partial charge in [0.2, 0.25) is 5.91 Å². The number of nitrogens with zero attached hydrogens (tertiary/aromatic N) is 2. The Kier molecular flexibility index (Phi) is 8.70. The molecule has 0 radical (unpaired) electrons. The molecule has 1 aliphatic heterocycles. The van der Waals surface area contributed by atoms with Gasteiger partial charge in [0.25, 0.3) is 0 Å². The topological polar surface area (TPSA) is 49.6 Å². The number of anilines is 1. The molecule has 2 aliphatic rings. The van der Waals surface area contributed by atoms with Gasteiger partial charge in [-0.15, -0.1) is 24.8 Å². The highest BCUT2D eigenvalue weighted by atomic mass is 35.5. The molecule has 0 spiro atoms. The maximum atomic E-state index is 12.8. The summed E-state index contributed by atoms with van der Waals surface area (Å²) in [4.78, 5) is 16.1. The Labute approximate surface area is 170 Å². The van der Waals surface area contributed by atoms with Crippen molar-refractivity contribution in [3.63, 3.8) is 0 Å². The van der Waals surface area contributed by atoms with E-state index in [1.807, 2.05) is 9.80 Å². The van der Waals surface area contributed by atoms with Crippen molar-refractivity contribution < 1.29 is 18.0 Å². The van der Waals surface area contributed by atoms with E-state index in [4.69, 9.17) is 5.73 Å². The number of amides is 1. The van der Waals surface area contributed by atoms with E-state index < -0.39 is 11.7 Å². The highest BCUT2D eigenvalue weighted by molar-refractivity contribution is 5.85. The van der Waals surface area contributed by atoms with Crippen LogP contribution in [0.15, 0.2) is 24.3 Å². The summed E-state index contributed by atoms with van der Waals surface area (Å²) in [5.74, 6) is 0.389. The van der Waals surface area contributed by atoms with Gasteiger partial charge in [0.05, 0.1) is 5.56 Å². The molecule has 154 valence electrons. The molecule has 2 fully saturated rings. The van der Waals surface area contributed by atoms with E-state index in [1.165, 1.54) is 12.1 Å². The maximum Gasteiger partial charge on any atom is 0.416 e. The van der Waals surface area contributed by atoms with Gasteiger partial charge in [-0.1, -0.05) is 12.5 Å². The summed E-state index contributed by atoms with van der Waals surface area (Å²) >= 11 is 0. The van der Waals surface area contributed by atoms with E-state index in [2.05, 4.69) is 0 Å². The normalized spacial score (nSPS) is 22.8. The third-order valence-corrected chi connectivity index (χ3v) is 5.33. The number of hydrogen-bond donors (Lipinski definition) is 1. The van der Waals surface area contributed by atoms with Crippen molar-refractivity contribution >= 4 is 36.4 Å². The summed E-state index contributed by atoms with van der Waals surface area (Å²) in [6.45, 7) is 2.17. The first-order valence-corrected chi connectivity index (χ1v) is 8.80. The Balaban J connectivity index is 0.00000182. The minimum Gasteiger partial charge on any atom is -0.368 e. The number of piperazine rings is 1. The van der Waals surface area contributed by atoms with Crippen LogP contribution < -0.4 is 10.6 Å². The van der Waals surface area contributed by atoms with Crippen molar-refractivity contribution in [3.8, 4) is 0 Å². The van der Waals surface area contributed by atoms with Gasteiger partial charge in [-0.25, -0.2) is 0 Å². The van der Waals surface area contributed by atoms with Gasteiger partial charge < -0.3 is 15.5 Å². The molecule has 0 bridgehead atoms. The van der Waals surface area contributed by atoms with E-state index in [0.29, 0.717) is 38.3 Å². The number of carbonyl (C=O) groups excluding carboxylic acids is 1. The van der Waals surface area contributed by atoms with Crippen LogP contribution in [0.5, 0.6) is 0 Å². The number of rotatable bonds is 3. The average molecular weight is 428 g/mol. The van der Waals surface area contributed by atoms with Crippen molar-refractivity contribution in [2.24, 2.45) is 11.7 Å². The number of nitrogens with two attached hydrogens (primary N) is 1. The van der Waals surface area contributed by atoms with Crippen molar-refractivity contribution in [2.45, 2.75) is 37.9 Å². The Bertz CT molecular complexity index is 622. The Hall–Kier alpha value is -1.18. The molecular formula is C18H26Cl2F3N3O. The van der Waals surface area contributed by atoms with Gasteiger partial charge in [-0.3, -0.25) is 4.79 Å². The van der Waals surface area contributed by atoms with Gasteiger partial charge in [0.1, 0.15) is 0 Å². The molecule has 0 aromatic heterocycles. The largest absolute Gasteiger partial charge is 0.416 e. The molecule has 9 heteroatoms. The first kappa shape index (κ1) is 23.9. The van der Waals surface area contributed by atoms with Gasteiger partial charge >= 0.3 is 6.18 Å². The zero-order chi connectivity index (χ0) is 18.0. The summed E-state index contributed by atoms with van der Waals surface area (Å²) in [6, 6.07) is 5.49. The summed E-state index contributed by atoms with van der Waals surface area (Å²) in [6.07, 6.45) is -0.765. The molecule has 1 aliphatic carbocycles. The molecule has 27 heavy (non-hydrogen) atoms. The highest BCUT2D eigenvalue weighted by Crippen LogP contribution is 2.32. The molecule has 2 N–H and O–H groups in total. The van der Waals surface area contributed by atoms with Crippen LogP contribution in [0.25, 0.3) is 0 Å². The highest BCUT2D eigenvalue weighted by Gasteiger charge is 2.32. The number of halogens is 5. The fourth-order valence-electron chi connectivity index (χ4n) is 3.77. The lowest BCUT2D eigenvalue weighted by atomic mass is 9.99. The first-order valence-electron chi connectivity index (χ1n) is 8.80. The van der Waals surface area contributed by atoms with Crippen molar-refractivity contribution in [1.29, 1.82) is 0 Å². The molecule has 2 atom stereocenters. The third kappa shape index (κ3) is 5.90. The number of hydrogen-bond acceptors (Lipinski definition) is 3. The average Bonchev–Trinajstić information content (AvgIpc) is 2.99. The zero-order valence-electron chi connectivity index (χ0n) is 15.0. The van der Waals surface area contributed by atoms with Crippen molar-refractivity contribution in [1.82, 2.24) is 4.90 Å². The SMILES string of the molecule is Cl.Cl.N[C@@H]1CCC[C@H]1CC(=O)N1CCN(c2cccc(C(F)(F)F)c2)CC1. The molecule has 1 saturated heterocycles. The van der Waals surface area contributed by atoms with Gasteiger partial charge in [-0.2, -0.15) is 13.2 Å². The minimum atomic E-state index is -4.34. The minimum absolute atomic E-state index is 0. The van der Waals surface area contributed by atoms with Gasteiger partial charge in [0.15, 0.2) is 0 Å². The smallest absolute Gasteiger partial charge is 0.368 e. The van der Waals surface area contributed by atoms with Crippen LogP contribution in [0.4, 0.5) is 18.9 Å². The second kappa shape index (κ2) is 9.85. The van der Waals surface area contributed by atoms with Crippen LogP contribution in [0.3, 0.4) is 0 Å². The van der Waals surface area contributed by atoms with Crippen LogP contribution in [0, 0.1) is 5.92 Å². The Morgan fingerprint density at radius 3 is 2.33 bits per heavy atom. The summed E-state index contributed by atoms with van der Waals surface area (Å²) in [5, 5.41) is 0. The lowest BCUT2D eigenvalue weighted by Gasteiger charge is -2.37. The fourth-order valence-corrected chi connectivity index (χ4v) is 3.77. The monoisotopic (exact) mass is 427 g/mol. The second-order valence-electron chi connectivity index (χ2n) is 6.97. The van der Waals surface area contributed by atoms with E-state index >= 15 is 0 Å². The second-order valence-corrected chi connectivity index (χ2v) is 6.97. The molecule has 1 amide bonds. The summed E-state index contributed by atoms with van der Waals surface area (Å²) in [7, 11) is 0. The molecule has 4 nitrogen and oxygen atoms in total. The molecular weight excluding hydrogens is 402 g/mol. The van der Waals surface area contributed by atoms with Crippen LogP contribution in [0.1, 0.15) is 31.2 Å². The maximum absolute atomic E-state index is 12.8. The molecule has 1 aromatic rings. The molecule has 3 rings (SSSR count). The number of alkyl halides is 3. The van der Waals surface area contributed by atoms with E-state index in [1.54, 1.807) is 6.07 Å². The first-order chi connectivity index (χ1) is 11.8. The lowest BCUT2D eigenvalue weighted by Crippen LogP contribution is -2.49. The molecule has 1 aromatic carbocycles. The summed E-state index contributed by atoms with van der Waals surface area (Å²) in [5.41, 5.74) is 5.95. The van der Waals surface area contributed by atoms with Crippen molar-refractivity contribution in [3.05, 3.63) is 29.8 Å². The lowest BCUT2D eigenvalue weighted by molar-refractivity contribution is -0.137. The Morgan fingerprint density at radius 1 is 1.11 bits per heavy atom. The van der Waals surface area contributed by atoms with E-state index in [-0.39, 0.29) is 42.7 Å². The molecule has 1 saturated carbocycles. The van der Waals surface area contributed by atoms with E-state index in [9.17, 15) is 18.0 Å². The zero-order valence-corrected chi connectivity index (χ0v) is 16.6. The van der Waals surface area contributed by atoms with Crippen LogP contribution in [-0.4, -0.2) is 43.0 Å². The predicted octanol–water partition coefficient (Wildman–Crippen LogP) is 3.72. The molecule has 1 heterocycles. The molecule has 0 unspecified atom stereocenters. The van der Waals surface area contributed by atoms with Crippen LogP contribution in [-0.2, 0) is 11.0 Å². The van der Waals surface area contributed by atoms with Gasteiger partial charge in [-0.05, 0) is 37.0 Å². The standard InChI is InChI=1S/C18H24F3N3O.2ClH/c19-18(20,21)14-4-2-5-15(12-14)23-7-9-24(10-8-23)17(25)11-13-3-1-6-16(13)22;;/h2,4-5,12-13,16H,1,3,6-11,22H2;2*1H/t13-,16+;;/m0../s1. The predicted molar refractivity (Wildman–Crippen MR) is 105 cm³/mol. The van der Waals surface area contributed by atoms with Gasteiger partial charge in [0, 0.05) is 44.3 Å². The van der Waals surface area contributed by atoms with Crippen LogP contribution >= 0.6 is 24.8 Å². The number of benzene rings is 1. The van der Waals surface area contributed by atoms with Crippen LogP contribution in [0.2, 0.25) is 0 Å². The Morgan fingerprint density at radius 2 is 1.78 bits per heavy atom. The summed E-state index contributed by atoms with van der Waals surface area (Å²) < 4.78 is 38.5. The van der Waals surface area contributed by atoms with E-state index in [0.717, 1.165) is 25.3 Å².